The second-order valence-electron chi connectivity index (χ2n) is 4.85. The van der Waals surface area contributed by atoms with E-state index in [1.54, 1.807) is 11.4 Å². The van der Waals surface area contributed by atoms with Crippen LogP contribution in [-0.2, 0) is 0 Å². The summed E-state index contributed by atoms with van der Waals surface area (Å²) in [6.07, 6.45) is -9.43. The lowest BCUT2D eigenvalue weighted by Gasteiger charge is -2.13. The molecule has 0 atom stereocenters. The first-order valence-electron chi connectivity index (χ1n) is 7.00. The highest BCUT2D eigenvalue weighted by atomic mass is 79.9. The molecule has 2 N–H and O–H groups in total. The summed E-state index contributed by atoms with van der Waals surface area (Å²) in [5, 5.41) is 6.52. The minimum absolute atomic E-state index is 0.399. The lowest BCUT2D eigenvalue weighted by molar-refractivity contribution is -0.154. The molecule has 2 aromatic heterocycles. The summed E-state index contributed by atoms with van der Waals surface area (Å²) in [4.78, 5) is 18.9. The van der Waals surface area contributed by atoms with Gasteiger partial charge in [-0.3, -0.25) is 10.6 Å². The van der Waals surface area contributed by atoms with Crippen molar-refractivity contribution < 1.29 is 40.6 Å². The van der Waals surface area contributed by atoms with Crippen molar-refractivity contribution >= 4 is 44.2 Å². The fourth-order valence-electron chi connectivity index (χ4n) is 1.54. The molecular formula is C13H9BrF6N4O3S. The van der Waals surface area contributed by atoms with Crippen molar-refractivity contribution in [3.8, 4) is 11.8 Å². The third-order valence-corrected chi connectivity index (χ3v) is 4.27. The van der Waals surface area contributed by atoms with Crippen molar-refractivity contribution in [2.75, 3.05) is 23.8 Å². The van der Waals surface area contributed by atoms with Crippen LogP contribution in [0.5, 0.6) is 11.8 Å². The average Bonchev–Trinajstić information content (AvgIpc) is 2.94. The van der Waals surface area contributed by atoms with Crippen LogP contribution in [0, 0.1) is 0 Å². The number of thiophene rings is 1. The standard InChI is InChI=1S/C13H9BrF6N4O3S/c14-6-1-2-28-9(6)23-11(25)24-10-21-7(26-4-12(15,16)17)3-8(22-10)27-5-13(18,19)20/h1-3H,4-5H2,(H2,21,22,23,24,25). The molecule has 0 aliphatic rings. The zero-order valence-electron chi connectivity index (χ0n) is 13.3. The van der Waals surface area contributed by atoms with Crippen LogP contribution in [0.1, 0.15) is 0 Å². The van der Waals surface area contributed by atoms with Gasteiger partial charge in [-0.25, -0.2) is 4.79 Å². The highest BCUT2D eigenvalue weighted by molar-refractivity contribution is 9.10. The molecule has 0 unspecified atom stereocenters. The summed E-state index contributed by atoms with van der Waals surface area (Å²) in [5.41, 5.74) is 0. The molecule has 28 heavy (non-hydrogen) atoms. The third-order valence-electron chi connectivity index (χ3n) is 2.52. The molecule has 2 aromatic rings. The number of hydrogen-bond donors (Lipinski definition) is 2. The van der Waals surface area contributed by atoms with Crippen molar-refractivity contribution in [2.24, 2.45) is 0 Å². The van der Waals surface area contributed by atoms with Crippen molar-refractivity contribution in [3.05, 3.63) is 22.0 Å². The fourth-order valence-corrected chi connectivity index (χ4v) is 2.90. The number of carbonyl (C=O) groups excluding carboxylic acids is 1. The molecule has 0 spiro atoms. The highest BCUT2D eigenvalue weighted by Crippen LogP contribution is 2.28. The molecule has 0 bridgehead atoms. The quantitative estimate of drug-likeness (QED) is 0.562. The summed E-state index contributed by atoms with van der Waals surface area (Å²) in [7, 11) is 0. The second kappa shape index (κ2) is 8.81. The minimum atomic E-state index is -4.71. The molecule has 0 aliphatic carbocycles. The second-order valence-corrected chi connectivity index (χ2v) is 6.62. The van der Waals surface area contributed by atoms with E-state index < -0.39 is 49.3 Å². The number of carbonyl (C=O) groups is 1. The Hall–Kier alpha value is -2.29. The Balaban J connectivity index is 2.15. The van der Waals surface area contributed by atoms with Crippen molar-refractivity contribution in [3.63, 3.8) is 0 Å². The van der Waals surface area contributed by atoms with E-state index in [9.17, 15) is 31.1 Å². The third kappa shape index (κ3) is 7.75. The highest BCUT2D eigenvalue weighted by Gasteiger charge is 2.30. The van der Waals surface area contributed by atoms with E-state index in [-0.39, 0.29) is 0 Å². The van der Waals surface area contributed by atoms with E-state index in [4.69, 9.17) is 0 Å². The molecule has 0 aromatic carbocycles. The van der Waals surface area contributed by atoms with Gasteiger partial charge < -0.3 is 9.47 Å². The lowest BCUT2D eigenvalue weighted by Crippen LogP contribution is -2.23. The zero-order chi connectivity index (χ0) is 20.9. The number of urea groups is 1. The predicted octanol–water partition coefficient (Wildman–Crippen LogP) is 4.83. The van der Waals surface area contributed by atoms with E-state index in [0.29, 0.717) is 15.5 Å². The molecule has 0 saturated carbocycles. The Bertz CT molecular complexity index is 793. The van der Waals surface area contributed by atoms with Gasteiger partial charge in [0.2, 0.25) is 17.7 Å². The van der Waals surface area contributed by atoms with Crippen LogP contribution in [0.25, 0.3) is 0 Å². The van der Waals surface area contributed by atoms with Gasteiger partial charge >= 0.3 is 18.4 Å². The van der Waals surface area contributed by atoms with Gasteiger partial charge in [-0.1, -0.05) is 0 Å². The van der Waals surface area contributed by atoms with E-state index >= 15 is 0 Å². The van der Waals surface area contributed by atoms with Gasteiger partial charge in [0, 0.05) is 0 Å². The van der Waals surface area contributed by atoms with Crippen molar-refractivity contribution in [1.29, 1.82) is 0 Å². The maximum atomic E-state index is 12.3. The van der Waals surface area contributed by atoms with Gasteiger partial charge in [-0.15, -0.1) is 11.3 Å². The van der Waals surface area contributed by atoms with Crippen LogP contribution in [0.15, 0.2) is 22.0 Å². The van der Waals surface area contributed by atoms with E-state index in [0.717, 1.165) is 11.3 Å². The molecule has 154 valence electrons. The molecular weight excluding hydrogens is 486 g/mol. The molecule has 0 radical (unpaired) electrons. The van der Waals surface area contributed by atoms with Gasteiger partial charge in [0.05, 0.1) is 10.5 Å². The summed E-state index contributed by atoms with van der Waals surface area (Å²) >= 11 is 4.32. The number of alkyl halides is 6. The number of nitrogens with one attached hydrogen (secondary N) is 2. The fraction of sp³-hybridized carbons (Fsp3) is 0.308. The van der Waals surface area contributed by atoms with Crippen molar-refractivity contribution in [2.45, 2.75) is 12.4 Å². The number of nitrogens with zero attached hydrogens (tertiary/aromatic N) is 2. The maximum Gasteiger partial charge on any atom is 0.422 e. The van der Waals surface area contributed by atoms with Crippen LogP contribution >= 0.6 is 27.3 Å². The van der Waals surface area contributed by atoms with Crippen LogP contribution < -0.4 is 20.1 Å². The van der Waals surface area contributed by atoms with Crippen LogP contribution in [-0.4, -0.2) is 41.6 Å². The van der Waals surface area contributed by atoms with Crippen LogP contribution in [0.2, 0.25) is 0 Å². The molecule has 2 amide bonds. The number of aromatic nitrogens is 2. The number of rotatable bonds is 6. The number of amides is 2. The SMILES string of the molecule is O=C(Nc1nc(OCC(F)(F)F)cc(OCC(F)(F)F)n1)Nc1sccc1Br. The van der Waals surface area contributed by atoms with Gasteiger partial charge in [0.1, 0.15) is 5.00 Å². The molecule has 2 heterocycles. The van der Waals surface area contributed by atoms with Gasteiger partial charge in [-0.05, 0) is 27.4 Å². The van der Waals surface area contributed by atoms with Gasteiger partial charge in [-0.2, -0.15) is 36.3 Å². The number of ether oxygens (including phenoxy) is 2. The Morgan fingerprint density at radius 1 is 1.04 bits per heavy atom. The Kier molecular flexibility index (Phi) is 6.92. The first-order chi connectivity index (χ1) is 12.9. The number of hydrogen-bond acceptors (Lipinski definition) is 6. The summed E-state index contributed by atoms with van der Waals surface area (Å²) in [6, 6.07) is 1.39. The average molecular weight is 495 g/mol. The van der Waals surface area contributed by atoms with Gasteiger partial charge in [0.25, 0.3) is 0 Å². The Morgan fingerprint density at radius 2 is 1.57 bits per heavy atom. The lowest BCUT2D eigenvalue weighted by atomic mass is 10.5. The largest absolute Gasteiger partial charge is 0.468 e. The van der Waals surface area contributed by atoms with Crippen LogP contribution in [0.3, 0.4) is 0 Å². The van der Waals surface area contributed by atoms with E-state index in [1.807, 2.05) is 0 Å². The minimum Gasteiger partial charge on any atom is -0.468 e. The zero-order valence-corrected chi connectivity index (χ0v) is 15.7. The molecule has 0 fully saturated rings. The number of halogens is 7. The topological polar surface area (TPSA) is 85.4 Å². The molecule has 15 heteroatoms. The number of anilines is 2. The molecule has 0 saturated heterocycles. The molecule has 7 nitrogen and oxygen atoms in total. The Labute approximate surface area is 165 Å². The summed E-state index contributed by atoms with van der Waals surface area (Å²) in [5.74, 6) is -2.10. The van der Waals surface area contributed by atoms with Crippen molar-refractivity contribution in [1.82, 2.24) is 9.97 Å². The monoisotopic (exact) mass is 494 g/mol. The normalized spacial score (nSPS) is 11.8. The first-order valence-corrected chi connectivity index (χ1v) is 8.68. The van der Waals surface area contributed by atoms with Crippen LogP contribution in [0.4, 0.5) is 42.1 Å². The Morgan fingerprint density at radius 3 is 2.00 bits per heavy atom. The first kappa shape index (κ1) is 22.0. The van der Waals surface area contributed by atoms with Gasteiger partial charge in [0.15, 0.2) is 13.2 Å². The maximum absolute atomic E-state index is 12.3. The summed E-state index contributed by atoms with van der Waals surface area (Å²) in [6.45, 7) is -3.51. The molecule has 0 aliphatic heterocycles. The van der Waals surface area contributed by atoms with E-state index in [2.05, 4.69) is 46.0 Å². The predicted molar refractivity (Wildman–Crippen MR) is 89.8 cm³/mol. The summed E-state index contributed by atoms with van der Waals surface area (Å²) < 4.78 is 83.0. The van der Waals surface area contributed by atoms with E-state index in [1.165, 1.54) is 0 Å². The molecule has 2 rings (SSSR count). The smallest absolute Gasteiger partial charge is 0.422 e.